The second-order valence-corrected chi connectivity index (χ2v) is 7.35. The first-order chi connectivity index (χ1) is 9.90. The lowest BCUT2D eigenvalue weighted by molar-refractivity contribution is 0.120. The van der Waals surface area contributed by atoms with Gasteiger partial charge in [-0.3, -0.25) is 4.68 Å². The average Bonchev–Trinajstić information content (AvgIpc) is 2.83. The number of rotatable bonds is 5. The number of aliphatic hydroxyl groups is 1. The molecule has 1 N–H and O–H groups in total. The van der Waals surface area contributed by atoms with Crippen LogP contribution in [0, 0.1) is 6.92 Å². The van der Waals surface area contributed by atoms with Crippen molar-refractivity contribution in [3.8, 4) is 0 Å². The normalized spacial score (nSPS) is 21.8. The van der Waals surface area contributed by atoms with Crippen LogP contribution in [0.3, 0.4) is 0 Å². The molecular formula is C13H24N4O3S. The first-order valence-electron chi connectivity index (χ1n) is 7.25. The van der Waals surface area contributed by atoms with Gasteiger partial charge in [0.15, 0.2) is 0 Å². The number of sulfonamides is 1. The van der Waals surface area contributed by atoms with Crippen molar-refractivity contribution in [2.75, 3.05) is 33.3 Å². The molecule has 7 nitrogen and oxygen atoms in total. The summed E-state index contributed by atoms with van der Waals surface area (Å²) in [6.07, 6.45) is 2.18. The molecule has 1 aromatic heterocycles. The van der Waals surface area contributed by atoms with Crippen LogP contribution in [0.4, 0.5) is 0 Å². The maximum atomic E-state index is 12.8. The summed E-state index contributed by atoms with van der Waals surface area (Å²) >= 11 is 0. The summed E-state index contributed by atoms with van der Waals surface area (Å²) < 4.78 is 28.7. The summed E-state index contributed by atoms with van der Waals surface area (Å²) in [4.78, 5) is 2.39. The molecule has 1 aromatic rings. The van der Waals surface area contributed by atoms with Gasteiger partial charge in [-0.1, -0.05) is 0 Å². The van der Waals surface area contributed by atoms with Crippen molar-refractivity contribution in [3.63, 3.8) is 0 Å². The Hall–Kier alpha value is -0.960. The van der Waals surface area contributed by atoms with Gasteiger partial charge >= 0.3 is 0 Å². The van der Waals surface area contributed by atoms with E-state index in [1.54, 1.807) is 17.8 Å². The van der Waals surface area contributed by atoms with Gasteiger partial charge in [0.05, 0.1) is 5.69 Å². The molecule has 21 heavy (non-hydrogen) atoms. The number of hydrogen-bond acceptors (Lipinski definition) is 5. The topological polar surface area (TPSA) is 78.7 Å². The summed E-state index contributed by atoms with van der Waals surface area (Å²) in [6, 6.07) is 0.0556. The van der Waals surface area contributed by atoms with Gasteiger partial charge in [0.1, 0.15) is 4.90 Å². The van der Waals surface area contributed by atoms with Crippen molar-refractivity contribution in [2.45, 2.75) is 37.8 Å². The van der Waals surface area contributed by atoms with Gasteiger partial charge in [0, 0.05) is 45.0 Å². The zero-order chi connectivity index (χ0) is 15.6. The van der Waals surface area contributed by atoms with Crippen molar-refractivity contribution in [2.24, 2.45) is 0 Å². The molecule has 1 fully saturated rings. The van der Waals surface area contributed by atoms with Crippen molar-refractivity contribution in [3.05, 3.63) is 11.9 Å². The molecule has 1 aliphatic heterocycles. The lowest BCUT2D eigenvalue weighted by atomic mass is 10.1. The third kappa shape index (κ3) is 3.28. The largest absolute Gasteiger partial charge is 0.396 e. The summed E-state index contributed by atoms with van der Waals surface area (Å²) in [6.45, 7) is 5.91. The van der Waals surface area contributed by atoms with Crippen LogP contribution in [-0.4, -0.2) is 71.8 Å². The summed E-state index contributed by atoms with van der Waals surface area (Å²) in [5, 5.41) is 13.3. The van der Waals surface area contributed by atoms with Gasteiger partial charge in [-0.15, -0.1) is 0 Å². The molecule has 8 heteroatoms. The highest BCUT2D eigenvalue weighted by molar-refractivity contribution is 7.89. The van der Waals surface area contributed by atoms with Crippen LogP contribution in [0.2, 0.25) is 0 Å². The Kier molecular flexibility index (Phi) is 5.03. The number of hydrogen-bond donors (Lipinski definition) is 1. The highest BCUT2D eigenvalue weighted by Crippen LogP contribution is 2.22. The van der Waals surface area contributed by atoms with E-state index in [2.05, 4.69) is 10.00 Å². The SMILES string of the molecule is CCn1cc(S(=O)(=O)N2CCN(C)[C@@H](CCO)C2)c(C)n1. The van der Waals surface area contributed by atoms with Gasteiger partial charge in [-0.2, -0.15) is 9.40 Å². The second-order valence-electron chi connectivity index (χ2n) is 5.44. The minimum absolute atomic E-state index is 0.0556. The molecule has 1 aliphatic rings. The van der Waals surface area contributed by atoms with Gasteiger partial charge < -0.3 is 10.0 Å². The highest BCUT2D eigenvalue weighted by Gasteiger charge is 2.34. The molecule has 0 bridgehead atoms. The molecular weight excluding hydrogens is 292 g/mol. The van der Waals surface area contributed by atoms with Crippen molar-refractivity contribution in [1.82, 2.24) is 19.0 Å². The van der Waals surface area contributed by atoms with Crippen LogP contribution in [0.25, 0.3) is 0 Å². The number of aromatic nitrogens is 2. The summed E-state index contributed by atoms with van der Waals surface area (Å²) in [5.41, 5.74) is 0.537. The van der Waals surface area contributed by atoms with Crippen LogP contribution in [-0.2, 0) is 16.6 Å². The lowest BCUT2D eigenvalue weighted by Crippen LogP contribution is -2.53. The van der Waals surface area contributed by atoms with Crippen molar-refractivity contribution >= 4 is 10.0 Å². The minimum atomic E-state index is -3.51. The Morgan fingerprint density at radius 1 is 1.43 bits per heavy atom. The molecule has 120 valence electrons. The number of aryl methyl sites for hydroxylation is 2. The lowest BCUT2D eigenvalue weighted by Gasteiger charge is -2.38. The predicted octanol–water partition coefficient (Wildman–Crippen LogP) is -0.101. The highest BCUT2D eigenvalue weighted by atomic mass is 32.2. The fourth-order valence-electron chi connectivity index (χ4n) is 2.65. The first kappa shape index (κ1) is 16.4. The Morgan fingerprint density at radius 3 is 2.71 bits per heavy atom. The molecule has 0 amide bonds. The molecule has 0 unspecified atom stereocenters. The summed E-state index contributed by atoms with van der Waals surface area (Å²) in [7, 11) is -1.55. The van der Waals surface area contributed by atoms with Crippen LogP contribution >= 0.6 is 0 Å². The Morgan fingerprint density at radius 2 is 2.14 bits per heavy atom. The van der Waals surface area contributed by atoms with E-state index >= 15 is 0 Å². The van der Waals surface area contributed by atoms with Crippen molar-refractivity contribution < 1.29 is 13.5 Å². The van der Waals surface area contributed by atoms with E-state index in [1.807, 2.05) is 14.0 Å². The van der Waals surface area contributed by atoms with Crippen LogP contribution < -0.4 is 0 Å². The number of piperazine rings is 1. The number of nitrogens with zero attached hydrogens (tertiary/aromatic N) is 4. The van der Waals surface area contributed by atoms with Crippen LogP contribution in [0.15, 0.2) is 11.1 Å². The zero-order valence-electron chi connectivity index (χ0n) is 12.9. The van der Waals surface area contributed by atoms with E-state index in [9.17, 15) is 8.42 Å². The molecule has 2 rings (SSSR count). The van der Waals surface area contributed by atoms with Crippen LogP contribution in [0.5, 0.6) is 0 Å². The second kappa shape index (κ2) is 6.43. The molecule has 0 aromatic carbocycles. The van der Waals surface area contributed by atoms with Gasteiger partial charge in [-0.05, 0) is 27.3 Å². The Labute approximate surface area is 126 Å². The Balaban J connectivity index is 2.24. The van der Waals surface area contributed by atoms with E-state index in [-0.39, 0.29) is 17.5 Å². The standard InChI is InChI=1S/C13H24N4O3S/c1-4-16-10-13(11(2)14-16)21(19,20)17-7-6-15(3)12(9-17)5-8-18/h10,12,18H,4-9H2,1-3H3/t12-/m0/s1. The maximum absolute atomic E-state index is 12.8. The van der Waals surface area contributed by atoms with Gasteiger partial charge in [-0.25, -0.2) is 8.42 Å². The molecule has 1 saturated heterocycles. The zero-order valence-corrected chi connectivity index (χ0v) is 13.7. The minimum Gasteiger partial charge on any atom is -0.396 e. The molecule has 0 spiro atoms. The first-order valence-corrected chi connectivity index (χ1v) is 8.69. The van der Waals surface area contributed by atoms with Gasteiger partial charge in [0.25, 0.3) is 0 Å². The van der Waals surface area contributed by atoms with E-state index in [4.69, 9.17) is 5.11 Å². The number of likely N-dealkylation sites (N-methyl/N-ethyl adjacent to an activating group) is 1. The van der Waals surface area contributed by atoms with E-state index in [1.165, 1.54) is 4.31 Å². The fraction of sp³-hybridized carbons (Fsp3) is 0.769. The van der Waals surface area contributed by atoms with Crippen molar-refractivity contribution in [1.29, 1.82) is 0 Å². The smallest absolute Gasteiger partial charge is 0.246 e. The monoisotopic (exact) mass is 316 g/mol. The average molecular weight is 316 g/mol. The number of aliphatic hydroxyl groups excluding tert-OH is 1. The van der Waals surface area contributed by atoms with Gasteiger partial charge in [0.2, 0.25) is 10.0 Å². The molecule has 0 saturated carbocycles. The maximum Gasteiger partial charge on any atom is 0.246 e. The summed E-state index contributed by atoms with van der Waals surface area (Å²) in [5.74, 6) is 0. The molecule has 0 aliphatic carbocycles. The fourth-order valence-corrected chi connectivity index (χ4v) is 4.29. The van der Waals surface area contributed by atoms with E-state index in [0.29, 0.717) is 38.3 Å². The van der Waals surface area contributed by atoms with E-state index in [0.717, 1.165) is 0 Å². The molecule has 2 heterocycles. The van der Waals surface area contributed by atoms with E-state index < -0.39 is 10.0 Å². The Bertz CT molecular complexity index is 584. The quantitative estimate of drug-likeness (QED) is 0.820. The third-order valence-electron chi connectivity index (χ3n) is 4.05. The van der Waals surface area contributed by atoms with Crippen LogP contribution in [0.1, 0.15) is 19.0 Å². The molecule has 0 radical (unpaired) electrons. The molecule has 1 atom stereocenters. The third-order valence-corrected chi connectivity index (χ3v) is 6.01. The predicted molar refractivity (Wildman–Crippen MR) is 79.5 cm³/mol.